The van der Waals surface area contributed by atoms with Crippen molar-refractivity contribution in [3.63, 3.8) is 0 Å². The molecule has 3 heterocycles. The van der Waals surface area contributed by atoms with Crippen molar-refractivity contribution in [3.8, 4) is 0 Å². The number of nitrogens with one attached hydrogen (secondary N) is 2. The predicted molar refractivity (Wildman–Crippen MR) is 97.9 cm³/mol. The quantitative estimate of drug-likeness (QED) is 0.756. The molecule has 0 bridgehead atoms. The highest BCUT2D eigenvalue weighted by molar-refractivity contribution is 5.79. The molecule has 0 atom stereocenters. The molecule has 3 aromatic rings. The van der Waals surface area contributed by atoms with E-state index in [0.29, 0.717) is 19.5 Å². The molecular weight excluding hydrogens is 328 g/mol. The van der Waals surface area contributed by atoms with Gasteiger partial charge >= 0.3 is 0 Å². The van der Waals surface area contributed by atoms with Crippen molar-refractivity contribution >= 4 is 17.5 Å². The highest BCUT2D eigenvalue weighted by Crippen LogP contribution is 2.25. The number of benzene rings is 1. The molecule has 0 aliphatic carbocycles. The topological polar surface area (TPSA) is 86.8 Å². The highest BCUT2D eigenvalue weighted by atomic mass is 16.2. The molecule has 0 radical (unpaired) electrons. The summed E-state index contributed by atoms with van der Waals surface area (Å²) in [6.45, 7) is 3.13. The van der Waals surface area contributed by atoms with Gasteiger partial charge < -0.3 is 10.2 Å². The molecule has 7 nitrogen and oxygen atoms in total. The highest BCUT2D eigenvalue weighted by Gasteiger charge is 2.24. The van der Waals surface area contributed by atoms with Crippen molar-refractivity contribution in [2.24, 2.45) is 0 Å². The molecular formula is C19H20N6O. The number of H-pyrrole nitrogens is 1. The Morgan fingerprint density at radius 1 is 1.27 bits per heavy atom. The summed E-state index contributed by atoms with van der Waals surface area (Å²) in [5.41, 5.74) is 3.95. The van der Waals surface area contributed by atoms with E-state index in [1.54, 1.807) is 0 Å². The van der Waals surface area contributed by atoms with Crippen LogP contribution in [0.2, 0.25) is 0 Å². The van der Waals surface area contributed by atoms with Gasteiger partial charge in [0.15, 0.2) is 5.82 Å². The fraction of sp³-hybridized carbons (Fsp3) is 0.263. The number of rotatable bonds is 4. The average Bonchev–Trinajstić information content (AvgIpc) is 3.07. The summed E-state index contributed by atoms with van der Waals surface area (Å²) in [6, 6.07) is 11.7. The van der Waals surface area contributed by atoms with Crippen LogP contribution in [0.1, 0.15) is 22.5 Å². The Hall–Kier alpha value is -3.22. The second kappa shape index (κ2) is 6.95. The molecule has 2 aromatic heterocycles. The van der Waals surface area contributed by atoms with E-state index in [0.717, 1.165) is 40.6 Å². The lowest BCUT2D eigenvalue weighted by Gasteiger charge is -2.29. The lowest BCUT2D eigenvalue weighted by atomic mass is 10.0. The van der Waals surface area contributed by atoms with Crippen LogP contribution in [0.25, 0.3) is 0 Å². The number of aromatic nitrogens is 4. The van der Waals surface area contributed by atoms with E-state index in [-0.39, 0.29) is 5.91 Å². The van der Waals surface area contributed by atoms with Crippen molar-refractivity contribution in [2.45, 2.75) is 26.3 Å². The van der Waals surface area contributed by atoms with Crippen molar-refractivity contribution < 1.29 is 4.79 Å². The Kier molecular flexibility index (Phi) is 4.35. The Morgan fingerprint density at radius 3 is 2.88 bits per heavy atom. The Morgan fingerprint density at radius 2 is 2.12 bits per heavy atom. The van der Waals surface area contributed by atoms with Crippen LogP contribution >= 0.6 is 0 Å². The number of aromatic amines is 1. The second-order valence-electron chi connectivity index (χ2n) is 6.44. The standard InChI is InChI=1S/C19H20N6O/c1-13-9-17(24-23-13)22-19-15-7-8-25(11-16(15)20-12-21-19)18(26)10-14-5-3-2-4-6-14/h2-6,9,12H,7-8,10-11H2,1H3,(H2,20,21,22,23,24). The average molecular weight is 348 g/mol. The van der Waals surface area contributed by atoms with Gasteiger partial charge in [-0.2, -0.15) is 5.10 Å². The van der Waals surface area contributed by atoms with Crippen LogP contribution < -0.4 is 5.32 Å². The first-order chi connectivity index (χ1) is 12.7. The Labute approximate surface area is 151 Å². The molecule has 26 heavy (non-hydrogen) atoms. The van der Waals surface area contributed by atoms with Crippen LogP contribution in [0.15, 0.2) is 42.7 Å². The van der Waals surface area contributed by atoms with Gasteiger partial charge in [-0.1, -0.05) is 30.3 Å². The first kappa shape index (κ1) is 16.3. The number of nitrogens with zero attached hydrogens (tertiary/aromatic N) is 4. The third-order valence-corrected chi connectivity index (χ3v) is 4.51. The van der Waals surface area contributed by atoms with Crippen molar-refractivity contribution in [3.05, 3.63) is 65.2 Å². The summed E-state index contributed by atoms with van der Waals surface area (Å²) in [5, 5.41) is 10.3. The molecule has 0 fully saturated rings. The molecule has 0 spiro atoms. The van der Waals surface area contributed by atoms with E-state index >= 15 is 0 Å². The molecule has 1 aliphatic rings. The minimum Gasteiger partial charge on any atom is -0.336 e. The number of fused-ring (bicyclic) bond motifs is 1. The number of anilines is 2. The van der Waals surface area contributed by atoms with Gasteiger partial charge in [0.05, 0.1) is 18.7 Å². The zero-order chi connectivity index (χ0) is 17.9. The molecule has 2 N–H and O–H groups in total. The maximum atomic E-state index is 12.6. The van der Waals surface area contributed by atoms with Crippen LogP contribution in [0, 0.1) is 6.92 Å². The van der Waals surface area contributed by atoms with E-state index < -0.39 is 0 Å². The van der Waals surface area contributed by atoms with Gasteiger partial charge in [0.2, 0.25) is 5.91 Å². The third-order valence-electron chi connectivity index (χ3n) is 4.51. The summed E-state index contributed by atoms with van der Waals surface area (Å²) in [4.78, 5) is 23.2. The maximum absolute atomic E-state index is 12.6. The molecule has 132 valence electrons. The van der Waals surface area contributed by atoms with Crippen molar-refractivity contribution in [1.82, 2.24) is 25.1 Å². The summed E-state index contributed by atoms with van der Waals surface area (Å²) in [5.74, 6) is 1.61. The van der Waals surface area contributed by atoms with Crippen LogP contribution in [0.3, 0.4) is 0 Å². The van der Waals surface area contributed by atoms with Gasteiger partial charge in [-0.05, 0) is 18.9 Å². The van der Waals surface area contributed by atoms with Crippen LogP contribution in [0.5, 0.6) is 0 Å². The van der Waals surface area contributed by atoms with Crippen LogP contribution in [-0.2, 0) is 24.2 Å². The zero-order valence-electron chi connectivity index (χ0n) is 14.6. The molecule has 7 heteroatoms. The summed E-state index contributed by atoms with van der Waals surface area (Å²) >= 11 is 0. The number of carbonyl (C=O) groups excluding carboxylic acids is 1. The van der Waals surface area contributed by atoms with E-state index in [1.165, 1.54) is 6.33 Å². The smallest absolute Gasteiger partial charge is 0.227 e. The van der Waals surface area contributed by atoms with Gasteiger partial charge in [0.25, 0.3) is 0 Å². The molecule has 4 rings (SSSR count). The largest absolute Gasteiger partial charge is 0.336 e. The second-order valence-corrected chi connectivity index (χ2v) is 6.44. The summed E-state index contributed by atoms with van der Waals surface area (Å²) in [7, 11) is 0. The maximum Gasteiger partial charge on any atom is 0.227 e. The lowest BCUT2D eigenvalue weighted by molar-refractivity contribution is -0.131. The number of carbonyl (C=O) groups is 1. The van der Waals surface area contributed by atoms with Crippen molar-refractivity contribution in [2.75, 3.05) is 11.9 Å². The van der Waals surface area contributed by atoms with Crippen LogP contribution in [0.4, 0.5) is 11.6 Å². The monoisotopic (exact) mass is 348 g/mol. The number of hydrogen-bond donors (Lipinski definition) is 2. The van der Waals surface area contributed by atoms with Gasteiger partial charge in [-0.15, -0.1) is 0 Å². The molecule has 1 aliphatic heterocycles. The molecule has 0 saturated carbocycles. The minimum absolute atomic E-state index is 0.123. The van der Waals surface area contributed by atoms with Gasteiger partial charge in [0.1, 0.15) is 12.1 Å². The van der Waals surface area contributed by atoms with Crippen molar-refractivity contribution in [1.29, 1.82) is 0 Å². The fourth-order valence-corrected chi connectivity index (χ4v) is 3.16. The molecule has 1 aromatic carbocycles. The predicted octanol–water partition coefficient (Wildman–Crippen LogP) is 2.38. The number of amides is 1. The van der Waals surface area contributed by atoms with E-state index in [1.807, 2.05) is 48.2 Å². The SMILES string of the molecule is Cc1cc(Nc2ncnc3c2CCN(C(=O)Cc2ccccc2)C3)n[nH]1. The molecule has 1 amide bonds. The fourth-order valence-electron chi connectivity index (χ4n) is 3.16. The number of aryl methyl sites for hydroxylation is 1. The van der Waals surface area contributed by atoms with Gasteiger partial charge in [-0.3, -0.25) is 9.89 Å². The first-order valence-electron chi connectivity index (χ1n) is 8.62. The Balaban J connectivity index is 1.49. The first-order valence-corrected chi connectivity index (χ1v) is 8.62. The summed E-state index contributed by atoms with van der Waals surface area (Å²) < 4.78 is 0. The summed E-state index contributed by atoms with van der Waals surface area (Å²) in [6.07, 6.45) is 2.67. The lowest BCUT2D eigenvalue weighted by Crippen LogP contribution is -2.37. The van der Waals surface area contributed by atoms with E-state index in [4.69, 9.17) is 0 Å². The molecule has 0 saturated heterocycles. The van der Waals surface area contributed by atoms with E-state index in [9.17, 15) is 4.79 Å². The zero-order valence-corrected chi connectivity index (χ0v) is 14.6. The van der Waals surface area contributed by atoms with Crippen LogP contribution in [-0.4, -0.2) is 37.5 Å². The van der Waals surface area contributed by atoms with Gasteiger partial charge in [0, 0.05) is 23.9 Å². The normalized spacial score (nSPS) is 13.3. The minimum atomic E-state index is 0.123. The third kappa shape index (κ3) is 3.42. The number of hydrogen-bond acceptors (Lipinski definition) is 5. The molecule has 0 unspecified atom stereocenters. The Bertz CT molecular complexity index is 921. The van der Waals surface area contributed by atoms with Gasteiger partial charge in [-0.25, -0.2) is 9.97 Å². The van der Waals surface area contributed by atoms with E-state index in [2.05, 4.69) is 25.5 Å².